The topological polar surface area (TPSA) is 67.3 Å². The van der Waals surface area contributed by atoms with E-state index >= 15 is 0 Å². The summed E-state index contributed by atoms with van der Waals surface area (Å²) in [4.78, 5) is 30.2. The first-order chi connectivity index (χ1) is 13.7. The fraction of sp³-hybridized carbons (Fsp3) is 0.364. The molecule has 0 spiro atoms. The molecule has 5 rings (SSSR count). The molecule has 0 saturated heterocycles. The lowest BCUT2D eigenvalue weighted by atomic mass is 10.0. The number of benzene rings is 2. The Hall–Kier alpha value is -3.02. The minimum Gasteiger partial charge on any atom is -0.496 e. The molecular formula is C22H23N3O3. The second kappa shape index (κ2) is 6.55. The molecular weight excluding hydrogens is 354 g/mol. The first kappa shape index (κ1) is 17.1. The Labute approximate surface area is 162 Å². The van der Waals surface area contributed by atoms with Gasteiger partial charge in [-0.3, -0.25) is 9.36 Å². The molecule has 144 valence electrons. The molecule has 1 saturated carbocycles. The third kappa shape index (κ3) is 2.80. The number of fused-ring (bicyclic) bond motifs is 2. The Morgan fingerprint density at radius 2 is 1.96 bits per heavy atom. The second-order valence-electron chi connectivity index (χ2n) is 7.65. The zero-order valence-corrected chi connectivity index (χ0v) is 15.9. The standard InChI is InChI=1S/C22H23N3O3/c1-28-20-4-2-3-14-9-11-24(12-10-17(14)20)21(26)15-5-8-19-18(13-15)23-22(27)25(19)16-6-7-16/h2-5,8,13,16H,6-7,9-12H2,1H3,(H,23,27). The molecule has 6 nitrogen and oxygen atoms in total. The quantitative estimate of drug-likeness (QED) is 0.763. The van der Waals surface area contributed by atoms with Crippen molar-refractivity contribution < 1.29 is 9.53 Å². The molecule has 0 atom stereocenters. The van der Waals surface area contributed by atoms with Crippen LogP contribution in [0.15, 0.2) is 41.2 Å². The molecule has 28 heavy (non-hydrogen) atoms. The van der Waals surface area contributed by atoms with E-state index in [1.807, 2.05) is 39.8 Å². The average Bonchev–Trinajstić information content (AvgIpc) is 3.51. The van der Waals surface area contributed by atoms with Gasteiger partial charge in [0.15, 0.2) is 0 Å². The van der Waals surface area contributed by atoms with Crippen molar-refractivity contribution in [3.63, 3.8) is 0 Å². The number of hydrogen-bond donors (Lipinski definition) is 1. The van der Waals surface area contributed by atoms with Crippen molar-refractivity contribution in [2.24, 2.45) is 0 Å². The largest absolute Gasteiger partial charge is 0.496 e. The van der Waals surface area contributed by atoms with Crippen LogP contribution in [-0.2, 0) is 12.8 Å². The lowest BCUT2D eigenvalue weighted by Gasteiger charge is -2.20. The predicted molar refractivity (Wildman–Crippen MR) is 107 cm³/mol. The smallest absolute Gasteiger partial charge is 0.326 e. The molecule has 2 aliphatic rings. The van der Waals surface area contributed by atoms with E-state index in [1.54, 1.807) is 7.11 Å². The normalized spacial score (nSPS) is 16.7. The van der Waals surface area contributed by atoms with Gasteiger partial charge >= 0.3 is 5.69 Å². The summed E-state index contributed by atoms with van der Waals surface area (Å²) in [6, 6.07) is 12.0. The summed E-state index contributed by atoms with van der Waals surface area (Å²) >= 11 is 0. The average molecular weight is 377 g/mol. The first-order valence-corrected chi connectivity index (χ1v) is 9.84. The number of nitrogens with one attached hydrogen (secondary N) is 1. The van der Waals surface area contributed by atoms with Gasteiger partial charge in [-0.2, -0.15) is 0 Å². The van der Waals surface area contributed by atoms with E-state index in [-0.39, 0.29) is 11.6 Å². The Kier molecular flexibility index (Phi) is 4.00. The summed E-state index contributed by atoms with van der Waals surface area (Å²) in [6.07, 6.45) is 3.69. The van der Waals surface area contributed by atoms with Gasteiger partial charge < -0.3 is 14.6 Å². The Morgan fingerprint density at radius 3 is 2.75 bits per heavy atom. The van der Waals surface area contributed by atoms with Crippen LogP contribution in [0.4, 0.5) is 0 Å². The molecule has 3 aromatic rings. The minimum absolute atomic E-state index is 0.00805. The van der Waals surface area contributed by atoms with Crippen molar-refractivity contribution in [2.75, 3.05) is 20.2 Å². The highest BCUT2D eigenvalue weighted by Crippen LogP contribution is 2.35. The highest BCUT2D eigenvalue weighted by Gasteiger charge is 2.28. The number of carbonyl (C=O) groups is 1. The molecule has 1 N–H and O–H groups in total. The molecule has 6 heteroatoms. The van der Waals surface area contributed by atoms with Crippen molar-refractivity contribution in [2.45, 2.75) is 31.7 Å². The second-order valence-corrected chi connectivity index (χ2v) is 7.65. The number of carbonyl (C=O) groups excluding carboxylic acids is 1. The monoisotopic (exact) mass is 377 g/mol. The van der Waals surface area contributed by atoms with Crippen LogP contribution in [0.5, 0.6) is 5.75 Å². The van der Waals surface area contributed by atoms with Gasteiger partial charge in [0.1, 0.15) is 5.75 Å². The molecule has 0 radical (unpaired) electrons. The first-order valence-electron chi connectivity index (χ1n) is 9.84. The number of rotatable bonds is 3. The molecule has 1 amide bonds. The number of ether oxygens (including phenoxy) is 1. The van der Waals surface area contributed by atoms with Gasteiger partial charge in [-0.1, -0.05) is 12.1 Å². The summed E-state index contributed by atoms with van der Waals surface area (Å²) in [7, 11) is 1.69. The summed E-state index contributed by atoms with van der Waals surface area (Å²) in [6.45, 7) is 1.33. The predicted octanol–water partition coefficient (Wildman–Crippen LogP) is 2.91. The maximum Gasteiger partial charge on any atom is 0.326 e. The number of aromatic amines is 1. The lowest BCUT2D eigenvalue weighted by Crippen LogP contribution is -2.33. The third-order valence-corrected chi connectivity index (χ3v) is 5.90. The number of nitrogens with zero attached hydrogens (tertiary/aromatic N) is 2. The number of methoxy groups -OCH3 is 1. The SMILES string of the molecule is COc1cccc2c1CCN(C(=O)c1ccc3c(c1)[nH]c(=O)n3C1CC1)CC2. The van der Waals surface area contributed by atoms with E-state index < -0.39 is 0 Å². The summed E-state index contributed by atoms with van der Waals surface area (Å²) < 4.78 is 7.31. The van der Waals surface area contributed by atoms with Crippen LogP contribution in [0.25, 0.3) is 11.0 Å². The van der Waals surface area contributed by atoms with Gasteiger partial charge in [0, 0.05) is 24.7 Å². The molecule has 0 unspecified atom stereocenters. The fourth-order valence-electron chi connectivity index (χ4n) is 4.28. The van der Waals surface area contributed by atoms with Gasteiger partial charge in [-0.25, -0.2) is 4.79 Å². The minimum atomic E-state index is -0.0839. The van der Waals surface area contributed by atoms with Crippen molar-refractivity contribution >= 4 is 16.9 Å². The van der Waals surface area contributed by atoms with Crippen LogP contribution in [0.3, 0.4) is 0 Å². The van der Waals surface area contributed by atoms with Crippen LogP contribution < -0.4 is 10.4 Å². The molecule has 1 aliphatic carbocycles. The summed E-state index contributed by atoms with van der Waals surface area (Å²) in [5.74, 6) is 0.904. The van der Waals surface area contributed by atoms with Crippen LogP contribution >= 0.6 is 0 Å². The maximum atomic E-state index is 13.1. The van der Waals surface area contributed by atoms with Gasteiger partial charge in [0.25, 0.3) is 5.91 Å². The highest BCUT2D eigenvalue weighted by molar-refractivity contribution is 5.97. The number of hydrogen-bond acceptors (Lipinski definition) is 3. The Bertz CT molecular complexity index is 1120. The summed E-state index contributed by atoms with van der Waals surface area (Å²) in [5.41, 5.74) is 4.60. The van der Waals surface area contributed by atoms with E-state index in [1.165, 1.54) is 11.1 Å². The number of H-pyrrole nitrogens is 1. The zero-order valence-electron chi connectivity index (χ0n) is 15.9. The van der Waals surface area contributed by atoms with Gasteiger partial charge in [-0.05, 0) is 61.1 Å². The van der Waals surface area contributed by atoms with Crippen molar-refractivity contribution in [1.29, 1.82) is 0 Å². The van der Waals surface area contributed by atoms with Crippen LogP contribution in [0.2, 0.25) is 0 Å². The Morgan fingerprint density at radius 1 is 1.14 bits per heavy atom. The number of imidazole rings is 1. The number of amides is 1. The molecule has 0 bridgehead atoms. The van der Waals surface area contributed by atoms with Gasteiger partial charge in [0.05, 0.1) is 18.1 Å². The van der Waals surface area contributed by atoms with Crippen molar-refractivity contribution in [3.8, 4) is 5.75 Å². The lowest BCUT2D eigenvalue weighted by molar-refractivity contribution is 0.0763. The van der Waals surface area contributed by atoms with Crippen molar-refractivity contribution in [1.82, 2.24) is 14.5 Å². The highest BCUT2D eigenvalue weighted by atomic mass is 16.5. The van der Waals surface area contributed by atoms with Gasteiger partial charge in [-0.15, -0.1) is 0 Å². The molecule has 1 aromatic heterocycles. The maximum absolute atomic E-state index is 13.1. The van der Waals surface area contributed by atoms with E-state index in [0.717, 1.165) is 42.5 Å². The third-order valence-electron chi connectivity index (χ3n) is 5.90. The molecule has 1 fully saturated rings. The van der Waals surface area contributed by atoms with Crippen molar-refractivity contribution in [3.05, 3.63) is 63.6 Å². The molecule has 2 heterocycles. The molecule has 2 aromatic carbocycles. The van der Waals surface area contributed by atoms with E-state index in [0.29, 0.717) is 24.7 Å². The Balaban J connectivity index is 1.41. The van der Waals surface area contributed by atoms with Crippen LogP contribution in [-0.4, -0.2) is 40.6 Å². The van der Waals surface area contributed by atoms with E-state index in [2.05, 4.69) is 11.1 Å². The fourth-order valence-corrected chi connectivity index (χ4v) is 4.28. The van der Waals surface area contributed by atoms with Gasteiger partial charge in [0.2, 0.25) is 0 Å². The van der Waals surface area contributed by atoms with Crippen LogP contribution in [0.1, 0.15) is 40.4 Å². The van der Waals surface area contributed by atoms with E-state index in [9.17, 15) is 9.59 Å². The summed E-state index contributed by atoms with van der Waals surface area (Å²) in [5, 5.41) is 0. The zero-order chi connectivity index (χ0) is 19.3. The molecule has 1 aliphatic heterocycles. The van der Waals surface area contributed by atoms with Crippen LogP contribution in [0, 0.1) is 0 Å². The van der Waals surface area contributed by atoms with E-state index in [4.69, 9.17) is 4.74 Å². The number of aromatic nitrogens is 2.